The van der Waals surface area contributed by atoms with Gasteiger partial charge in [0.2, 0.25) is 0 Å². The van der Waals surface area contributed by atoms with Gasteiger partial charge in [0, 0.05) is 49.6 Å². The Balaban J connectivity index is 1.24. The molecule has 0 fully saturated rings. The Morgan fingerprint density at radius 1 is 0.339 bits per heavy atom. The topological polar surface area (TPSA) is 48.5 Å². The smallest absolute Gasteiger partial charge is 0.164 e. The lowest BCUT2D eigenvalue weighted by molar-refractivity contribution is 1.08. The van der Waals surface area contributed by atoms with Crippen molar-refractivity contribution in [3.63, 3.8) is 0 Å². The van der Waals surface area contributed by atoms with Crippen LogP contribution in [0.4, 0.5) is 0 Å². The molecule has 0 aliphatic heterocycles. The average molecular weight is 816 g/mol. The van der Waals surface area contributed by atoms with E-state index in [1.807, 2.05) is 54.6 Å². The van der Waals surface area contributed by atoms with Crippen molar-refractivity contribution < 1.29 is 32.9 Å². The van der Waals surface area contributed by atoms with Gasteiger partial charge in [-0.3, -0.25) is 0 Å². The highest BCUT2D eigenvalue weighted by atomic mass is 15.0. The van der Waals surface area contributed by atoms with Crippen LogP contribution in [0.2, 0.25) is 0 Å². The average Bonchev–Trinajstić information content (AvgIpc) is 1.54. The van der Waals surface area contributed by atoms with Crippen molar-refractivity contribution in [3.05, 3.63) is 224 Å². The zero-order valence-electron chi connectivity index (χ0n) is 55.7. The zero-order chi connectivity index (χ0) is 61.9. The molecular formula is C57H37N5. The van der Waals surface area contributed by atoms with Crippen molar-refractivity contribution in [2.24, 2.45) is 0 Å². The van der Waals surface area contributed by atoms with Gasteiger partial charge in [-0.15, -0.1) is 0 Å². The van der Waals surface area contributed by atoms with Crippen LogP contribution in [0.1, 0.15) is 32.9 Å². The molecule has 0 N–H and O–H groups in total. The number of para-hydroxylation sites is 4. The fourth-order valence-electron chi connectivity index (χ4n) is 7.57. The molecule has 0 aliphatic carbocycles. The van der Waals surface area contributed by atoms with E-state index in [0.717, 1.165) is 25.8 Å². The van der Waals surface area contributed by atoms with Gasteiger partial charge in [0.25, 0.3) is 0 Å². The zero-order valence-corrected chi connectivity index (χ0v) is 31.7. The Bertz CT molecular complexity index is 4990. The van der Waals surface area contributed by atoms with Crippen molar-refractivity contribution in [2.45, 2.75) is 0 Å². The van der Waals surface area contributed by atoms with E-state index in [9.17, 15) is 11.0 Å². The molecule has 0 bridgehead atoms. The Morgan fingerprint density at radius 3 is 1.56 bits per heavy atom. The van der Waals surface area contributed by atoms with Crippen LogP contribution in [0.25, 0.3) is 111 Å². The van der Waals surface area contributed by atoms with Crippen LogP contribution in [-0.4, -0.2) is 24.1 Å². The number of hydrogen-bond acceptors (Lipinski definition) is 3. The highest BCUT2D eigenvalue weighted by Gasteiger charge is 2.21. The van der Waals surface area contributed by atoms with Crippen LogP contribution in [0, 0.1) is 0 Å². The Hall–Kier alpha value is -8.41. The lowest BCUT2D eigenvalue weighted by atomic mass is 9.98. The van der Waals surface area contributed by atoms with Crippen molar-refractivity contribution >= 4 is 43.6 Å². The van der Waals surface area contributed by atoms with E-state index in [1.54, 1.807) is 24.3 Å². The third-order valence-electron chi connectivity index (χ3n) is 10.3. The van der Waals surface area contributed by atoms with Crippen molar-refractivity contribution in [2.75, 3.05) is 0 Å². The normalized spacial score (nSPS) is 17.0. The molecule has 0 radical (unpaired) electrons. The van der Waals surface area contributed by atoms with Crippen LogP contribution >= 0.6 is 0 Å². The second-order valence-corrected chi connectivity index (χ2v) is 13.8. The maximum atomic E-state index is 10.1. The molecule has 12 aromatic rings. The van der Waals surface area contributed by atoms with Crippen LogP contribution in [0.5, 0.6) is 0 Å². The predicted octanol–water partition coefficient (Wildman–Crippen LogP) is 14.4. The van der Waals surface area contributed by atoms with Crippen LogP contribution < -0.4 is 0 Å². The van der Waals surface area contributed by atoms with Crippen molar-refractivity contribution in [1.29, 1.82) is 0 Å². The van der Waals surface area contributed by atoms with Crippen LogP contribution in [0.15, 0.2) is 224 Å². The summed E-state index contributed by atoms with van der Waals surface area (Å²) in [6.07, 6.45) is 0. The van der Waals surface area contributed by atoms with Gasteiger partial charge in [-0.25, -0.2) is 15.0 Å². The number of aromatic nitrogens is 5. The minimum atomic E-state index is -0.898. The Morgan fingerprint density at radius 2 is 0.855 bits per heavy atom. The SMILES string of the molecule is [2H]c1c([2H])c([2H])c(-n2c3c([2H])c([2H])c([2H])c([2H])c3c3c([2H])c([2H])c(-c4nc(-c5ccc(-c6cccc(-c7ccccc7)c6)cc5)nc(-c5c([2H])c([2H])c([2H])c6c5c5c([2H])c([2H])c([2H])c([2H])c5n6-c5c([2H])c([2H])c([2H])c([2H])c5[2H])n4)c([2H])c32)c([2H])c1[2H]. The summed E-state index contributed by atoms with van der Waals surface area (Å²) in [5, 5.41) is -1.82. The van der Waals surface area contributed by atoms with E-state index in [1.165, 1.54) is 0 Å². The van der Waals surface area contributed by atoms with Gasteiger partial charge in [0.05, 0.1) is 55.0 Å². The Kier molecular flexibility index (Phi) is 4.48. The van der Waals surface area contributed by atoms with Gasteiger partial charge < -0.3 is 9.13 Å². The molecule has 3 aromatic heterocycles. The predicted molar refractivity (Wildman–Crippen MR) is 256 cm³/mol. The molecule has 0 amide bonds. The Labute approximate surface area is 392 Å². The maximum Gasteiger partial charge on any atom is 0.164 e. The number of fused-ring (bicyclic) bond motifs is 6. The minimum absolute atomic E-state index is 0.189. The van der Waals surface area contributed by atoms with E-state index < -0.39 is 223 Å². The third kappa shape index (κ3) is 5.98. The first-order valence-electron chi connectivity index (χ1n) is 31.0. The number of hydrogen-bond donors (Lipinski definition) is 0. The summed E-state index contributed by atoms with van der Waals surface area (Å²) >= 11 is 0. The van der Waals surface area contributed by atoms with E-state index in [4.69, 9.17) is 36.9 Å². The molecule has 0 aliphatic rings. The van der Waals surface area contributed by atoms with Gasteiger partial charge in [0.15, 0.2) is 17.5 Å². The van der Waals surface area contributed by atoms with E-state index in [0.29, 0.717) is 5.56 Å². The van der Waals surface area contributed by atoms with Crippen molar-refractivity contribution in [1.82, 2.24) is 24.1 Å². The summed E-state index contributed by atoms with van der Waals surface area (Å²) < 4.78 is 219. The highest BCUT2D eigenvalue weighted by molar-refractivity contribution is 6.15. The van der Waals surface area contributed by atoms with E-state index >= 15 is 0 Å². The quantitative estimate of drug-likeness (QED) is 0.161. The molecule has 0 saturated carbocycles. The lowest BCUT2D eigenvalue weighted by Gasteiger charge is -2.12. The lowest BCUT2D eigenvalue weighted by Crippen LogP contribution is -2.01. The monoisotopic (exact) mass is 815 g/mol. The van der Waals surface area contributed by atoms with E-state index in [2.05, 4.69) is 0 Å². The fourth-order valence-corrected chi connectivity index (χ4v) is 7.57. The van der Waals surface area contributed by atoms with Gasteiger partial charge in [0.1, 0.15) is 0 Å². The molecule has 9 aromatic carbocycles. The highest BCUT2D eigenvalue weighted by Crippen LogP contribution is 2.40. The molecule has 3 heterocycles. The second kappa shape index (κ2) is 14.7. The summed E-state index contributed by atoms with van der Waals surface area (Å²) in [4.78, 5) is 14.3. The summed E-state index contributed by atoms with van der Waals surface area (Å²) in [5.74, 6) is -1.58. The molecule has 12 rings (SSSR count). The maximum absolute atomic E-state index is 10.1. The number of rotatable bonds is 7. The van der Waals surface area contributed by atoms with E-state index in [-0.39, 0.29) is 11.4 Å². The summed E-state index contributed by atoms with van der Waals surface area (Å²) in [6, 6.07) is 3.87. The van der Waals surface area contributed by atoms with Gasteiger partial charge in [-0.2, -0.15) is 0 Å². The second-order valence-electron chi connectivity index (χ2n) is 13.8. The van der Waals surface area contributed by atoms with Crippen LogP contribution in [-0.2, 0) is 0 Å². The largest absolute Gasteiger partial charge is 0.309 e. The number of benzene rings is 9. The third-order valence-corrected chi connectivity index (χ3v) is 10.3. The van der Waals surface area contributed by atoms with Gasteiger partial charge in [-0.1, -0.05) is 169 Å². The molecular weight excluding hydrogens is 755 g/mol. The molecule has 62 heavy (non-hydrogen) atoms. The first kappa shape index (κ1) is 18.9. The summed E-state index contributed by atoms with van der Waals surface area (Å²) in [6.45, 7) is 0. The molecule has 0 spiro atoms. The molecule has 0 atom stereocenters. The van der Waals surface area contributed by atoms with Gasteiger partial charge >= 0.3 is 0 Å². The molecule has 290 valence electrons. The minimum Gasteiger partial charge on any atom is -0.309 e. The van der Waals surface area contributed by atoms with Crippen LogP contribution in [0.3, 0.4) is 0 Å². The number of nitrogens with zero attached hydrogens (tertiary/aromatic N) is 5. The molecule has 0 unspecified atom stereocenters. The van der Waals surface area contributed by atoms with Crippen molar-refractivity contribution in [3.8, 4) is 67.8 Å². The van der Waals surface area contributed by atoms with Gasteiger partial charge in [-0.05, 0) is 76.7 Å². The molecule has 5 heteroatoms. The first-order valence-corrected chi connectivity index (χ1v) is 19.0. The summed E-state index contributed by atoms with van der Waals surface area (Å²) in [5.41, 5.74) is -1.19. The fraction of sp³-hybridized carbons (Fsp3) is 0. The molecule has 5 nitrogen and oxygen atoms in total. The first-order chi connectivity index (χ1) is 40.7. The standard InChI is InChI=1S/C57H37N5/c1-4-16-38(17-5-1)41-18-14-19-42(36-41)39-30-32-40(33-31-39)55-58-56(43-34-35-47-46-24-10-12-27-50(46)62(53(47)37-43)45-22-8-3-9-23-45)60-57(59-55)49-26-15-29-52-54(49)48-25-11-13-28-51(48)61(52)44-20-6-2-7-21-44/h1-37H/i2D,3D,6D,7D,8D,9D,10D,11D,12D,13D,15D,20D,21D,22D,23D,24D,25D,26D,27D,28D,29D,34D,35D,37D. The summed E-state index contributed by atoms with van der Waals surface area (Å²) in [7, 11) is 0. The molecule has 0 saturated heterocycles.